The number of amides is 3. The first-order valence-electron chi connectivity index (χ1n) is 3.87. The summed E-state index contributed by atoms with van der Waals surface area (Å²) in [6, 6.07) is -0.569. The van der Waals surface area contributed by atoms with E-state index in [1.807, 2.05) is 0 Å². The number of nitrogens with two attached hydrogens (primary N) is 1. The summed E-state index contributed by atoms with van der Waals surface area (Å²) in [7, 11) is 0. The van der Waals surface area contributed by atoms with Crippen LogP contribution in [0, 0.1) is 0 Å². The van der Waals surface area contributed by atoms with Crippen molar-refractivity contribution in [2.75, 3.05) is 13.1 Å². The Morgan fingerprint density at radius 1 is 1.69 bits per heavy atom. The molecule has 0 aliphatic carbocycles. The van der Waals surface area contributed by atoms with Gasteiger partial charge in [-0.3, -0.25) is 14.4 Å². The van der Waals surface area contributed by atoms with Crippen molar-refractivity contribution in [2.45, 2.75) is 13.0 Å². The van der Waals surface area contributed by atoms with E-state index >= 15 is 0 Å². The van der Waals surface area contributed by atoms with Gasteiger partial charge in [0.05, 0.1) is 6.54 Å². The summed E-state index contributed by atoms with van der Waals surface area (Å²) < 4.78 is 0. The highest BCUT2D eigenvalue weighted by atomic mass is 16.2. The average Bonchev–Trinajstić information content (AvgIpc) is 1.98. The number of hydrogen-bond acceptors (Lipinski definition) is 3. The quantitative estimate of drug-likeness (QED) is 0.512. The van der Waals surface area contributed by atoms with E-state index in [2.05, 4.69) is 5.32 Å². The minimum Gasteiger partial charge on any atom is -0.368 e. The first-order chi connectivity index (χ1) is 6.00. The molecule has 6 heteroatoms. The lowest BCUT2D eigenvalue weighted by molar-refractivity contribution is -0.145. The van der Waals surface area contributed by atoms with Crippen molar-refractivity contribution >= 4 is 17.7 Å². The molecule has 3 N–H and O–H groups in total. The maximum Gasteiger partial charge on any atom is 0.245 e. The number of piperazine rings is 1. The third kappa shape index (κ3) is 2.17. The molecule has 1 fully saturated rings. The lowest BCUT2D eigenvalue weighted by atomic mass is 10.2. The molecule has 0 aromatic carbocycles. The molecule has 0 bridgehead atoms. The van der Waals surface area contributed by atoms with Gasteiger partial charge in [-0.15, -0.1) is 0 Å². The summed E-state index contributed by atoms with van der Waals surface area (Å²) in [5, 5.41) is 2.45. The van der Waals surface area contributed by atoms with Gasteiger partial charge in [0.25, 0.3) is 0 Å². The zero-order valence-electron chi connectivity index (χ0n) is 7.24. The molecule has 1 aliphatic heterocycles. The number of hydrogen-bond donors (Lipinski definition) is 2. The second-order valence-corrected chi connectivity index (χ2v) is 2.95. The van der Waals surface area contributed by atoms with Crippen LogP contribution < -0.4 is 11.1 Å². The van der Waals surface area contributed by atoms with Crippen molar-refractivity contribution in [3.8, 4) is 0 Å². The van der Waals surface area contributed by atoms with Crippen molar-refractivity contribution in [2.24, 2.45) is 5.73 Å². The van der Waals surface area contributed by atoms with Crippen molar-refractivity contribution in [1.29, 1.82) is 0 Å². The van der Waals surface area contributed by atoms with Crippen LogP contribution in [0.4, 0.5) is 0 Å². The van der Waals surface area contributed by atoms with Crippen LogP contribution in [0.25, 0.3) is 0 Å². The van der Waals surface area contributed by atoms with Gasteiger partial charge in [0.2, 0.25) is 17.7 Å². The first kappa shape index (κ1) is 9.50. The highest BCUT2D eigenvalue weighted by molar-refractivity contribution is 5.96. The van der Waals surface area contributed by atoms with E-state index < -0.39 is 11.9 Å². The average molecular weight is 185 g/mol. The Kier molecular flexibility index (Phi) is 2.50. The Morgan fingerprint density at radius 3 is 2.85 bits per heavy atom. The Balaban J connectivity index is 2.66. The monoisotopic (exact) mass is 185 g/mol. The zero-order chi connectivity index (χ0) is 10.0. The molecule has 3 amide bonds. The van der Waals surface area contributed by atoms with Crippen molar-refractivity contribution in [3.63, 3.8) is 0 Å². The topological polar surface area (TPSA) is 92.5 Å². The fourth-order valence-corrected chi connectivity index (χ4v) is 1.20. The molecular formula is C7H11N3O3. The molecule has 13 heavy (non-hydrogen) atoms. The maximum absolute atomic E-state index is 11.3. The predicted molar refractivity (Wildman–Crippen MR) is 43.4 cm³/mol. The normalized spacial score (nSPS) is 22.8. The van der Waals surface area contributed by atoms with E-state index in [4.69, 9.17) is 5.73 Å². The SMILES string of the molecule is C[C@@H]1NC(=O)CN(CC(N)=O)C1=O. The lowest BCUT2D eigenvalue weighted by Gasteiger charge is -2.29. The molecular weight excluding hydrogens is 174 g/mol. The summed E-state index contributed by atoms with van der Waals surface area (Å²) >= 11 is 0. The lowest BCUT2D eigenvalue weighted by Crippen LogP contribution is -2.58. The Bertz CT molecular complexity index is 262. The van der Waals surface area contributed by atoms with Gasteiger partial charge in [-0.05, 0) is 6.92 Å². The maximum atomic E-state index is 11.3. The minimum atomic E-state index is -0.616. The predicted octanol–water partition coefficient (Wildman–Crippen LogP) is -2.18. The van der Waals surface area contributed by atoms with Crippen molar-refractivity contribution < 1.29 is 14.4 Å². The van der Waals surface area contributed by atoms with Gasteiger partial charge in [-0.1, -0.05) is 0 Å². The highest BCUT2D eigenvalue weighted by Crippen LogP contribution is 2.00. The Labute approximate surface area is 75.1 Å². The fraction of sp³-hybridized carbons (Fsp3) is 0.571. The molecule has 0 saturated carbocycles. The molecule has 1 atom stereocenters. The molecule has 0 unspecified atom stereocenters. The molecule has 6 nitrogen and oxygen atoms in total. The van der Waals surface area contributed by atoms with E-state index in [1.54, 1.807) is 6.92 Å². The Hall–Kier alpha value is -1.59. The molecule has 0 aromatic heterocycles. The van der Waals surface area contributed by atoms with Gasteiger partial charge >= 0.3 is 0 Å². The standard InChI is InChI=1S/C7H11N3O3/c1-4-7(13)10(2-5(8)11)3-6(12)9-4/h4H,2-3H2,1H3,(H2,8,11)(H,9,12)/t4-/m0/s1. The van der Waals surface area contributed by atoms with Crippen molar-refractivity contribution in [1.82, 2.24) is 10.2 Å². The minimum absolute atomic E-state index is 0.0912. The van der Waals surface area contributed by atoms with Crippen LogP contribution in [0.3, 0.4) is 0 Å². The van der Waals surface area contributed by atoms with E-state index in [9.17, 15) is 14.4 Å². The first-order valence-corrected chi connectivity index (χ1v) is 3.87. The molecule has 0 aromatic rings. The number of primary amides is 1. The van der Waals surface area contributed by atoms with Crippen LogP contribution in [0.15, 0.2) is 0 Å². The van der Waals surface area contributed by atoms with Crippen LogP contribution in [-0.4, -0.2) is 41.8 Å². The largest absolute Gasteiger partial charge is 0.368 e. The van der Waals surface area contributed by atoms with Gasteiger partial charge in [-0.25, -0.2) is 0 Å². The number of nitrogens with one attached hydrogen (secondary N) is 1. The molecule has 1 aliphatic rings. The van der Waals surface area contributed by atoms with Gasteiger partial charge in [-0.2, -0.15) is 0 Å². The molecule has 1 rings (SSSR count). The highest BCUT2D eigenvalue weighted by Gasteiger charge is 2.29. The zero-order valence-corrected chi connectivity index (χ0v) is 7.24. The van der Waals surface area contributed by atoms with E-state index in [-0.39, 0.29) is 24.9 Å². The summed E-state index contributed by atoms with van der Waals surface area (Å²) in [5.74, 6) is -1.16. The second-order valence-electron chi connectivity index (χ2n) is 2.95. The summed E-state index contributed by atoms with van der Waals surface area (Å²) in [6.45, 7) is 1.27. The van der Waals surface area contributed by atoms with E-state index in [1.165, 1.54) is 0 Å². The third-order valence-corrected chi connectivity index (χ3v) is 1.74. The summed E-state index contributed by atoms with van der Waals surface area (Å²) in [6.07, 6.45) is 0. The number of carbonyl (C=O) groups is 3. The number of nitrogens with zero attached hydrogens (tertiary/aromatic N) is 1. The molecule has 72 valence electrons. The van der Waals surface area contributed by atoms with Gasteiger partial charge < -0.3 is 16.0 Å². The van der Waals surface area contributed by atoms with E-state index in [0.29, 0.717) is 0 Å². The van der Waals surface area contributed by atoms with Crippen LogP contribution in [0.1, 0.15) is 6.92 Å². The van der Waals surface area contributed by atoms with Crippen molar-refractivity contribution in [3.05, 3.63) is 0 Å². The van der Waals surface area contributed by atoms with Crippen LogP contribution >= 0.6 is 0 Å². The van der Waals surface area contributed by atoms with Crippen LogP contribution in [-0.2, 0) is 14.4 Å². The summed E-state index contributed by atoms with van der Waals surface area (Å²) in [4.78, 5) is 33.9. The fourth-order valence-electron chi connectivity index (χ4n) is 1.20. The van der Waals surface area contributed by atoms with E-state index in [0.717, 1.165) is 4.90 Å². The second kappa shape index (κ2) is 3.42. The van der Waals surface area contributed by atoms with Gasteiger partial charge in [0.15, 0.2) is 0 Å². The van der Waals surface area contributed by atoms with Gasteiger partial charge in [0.1, 0.15) is 12.6 Å². The molecule has 0 spiro atoms. The number of rotatable bonds is 2. The molecule has 1 heterocycles. The third-order valence-electron chi connectivity index (χ3n) is 1.74. The van der Waals surface area contributed by atoms with Gasteiger partial charge in [0, 0.05) is 0 Å². The van der Waals surface area contributed by atoms with Crippen LogP contribution in [0.5, 0.6) is 0 Å². The smallest absolute Gasteiger partial charge is 0.245 e. The number of carbonyl (C=O) groups excluding carboxylic acids is 3. The molecule has 0 radical (unpaired) electrons. The molecule has 1 saturated heterocycles. The summed E-state index contributed by atoms with van der Waals surface area (Å²) in [5.41, 5.74) is 4.91. The van der Waals surface area contributed by atoms with Crippen LogP contribution in [0.2, 0.25) is 0 Å². The Morgan fingerprint density at radius 2 is 2.31 bits per heavy atom.